The molecule has 1 N–H and O–H groups in total. The summed E-state index contributed by atoms with van der Waals surface area (Å²) in [6.07, 6.45) is 22.0. The highest BCUT2D eigenvalue weighted by Gasteiger charge is 2.26. The lowest BCUT2D eigenvalue weighted by Gasteiger charge is -2.19. The molecule has 2 atom stereocenters. The molecule has 0 spiro atoms. The highest BCUT2D eigenvalue weighted by atomic mass is 31.2. The summed E-state index contributed by atoms with van der Waals surface area (Å²) in [7, 11) is -2.17. The number of ether oxygens (including phenoxy) is 2. The van der Waals surface area contributed by atoms with Crippen LogP contribution in [-0.4, -0.2) is 44.1 Å². The normalized spacial score (nSPS) is 14.2. The van der Waals surface area contributed by atoms with Gasteiger partial charge in [0.15, 0.2) is 18.9 Å². The van der Waals surface area contributed by atoms with Gasteiger partial charge in [-0.25, -0.2) is 4.57 Å². The molecule has 198 valence electrons. The van der Waals surface area contributed by atoms with Crippen molar-refractivity contribution in [1.82, 2.24) is 0 Å². The second-order valence-electron chi connectivity index (χ2n) is 9.30. The van der Waals surface area contributed by atoms with Crippen LogP contribution in [0.3, 0.4) is 0 Å². The molecule has 0 saturated heterocycles. The molecule has 0 bridgehead atoms. The summed E-state index contributed by atoms with van der Waals surface area (Å²) in [5, 5.41) is 0. The van der Waals surface area contributed by atoms with Gasteiger partial charge >= 0.3 is 7.60 Å². The lowest BCUT2D eigenvalue weighted by Crippen LogP contribution is -2.34. The Morgan fingerprint density at radius 3 is 1.85 bits per heavy atom. The number of aromatic nitrogens is 1. The summed E-state index contributed by atoms with van der Waals surface area (Å²) < 4.78 is 30.5. The van der Waals surface area contributed by atoms with Crippen LogP contribution in [0.1, 0.15) is 96.8 Å². The Morgan fingerprint density at radius 1 is 0.794 bits per heavy atom. The zero-order valence-electron chi connectivity index (χ0n) is 21.9. The molecule has 1 heterocycles. The van der Waals surface area contributed by atoms with Gasteiger partial charge in [0, 0.05) is 25.8 Å². The molecule has 0 aliphatic carbocycles. The maximum absolute atomic E-state index is 12.3. The Morgan fingerprint density at radius 2 is 1.32 bits per heavy atom. The molecule has 1 aromatic rings. The molecule has 0 saturated carbocycles. The van der Waals surface area contributed by atoms with Gasteiger partial charge in [-0.2, -0.15) is 0 Å². The molecule has 0 aliphatic rings. The van der Waals surface area contributed by atoms with Gasteiger partial charge in [0.2, 0.25) is 0 Å². The van der Waals surface area contributed by atoms with Gasteiger partial charge in [-0.05, 0) is 6.42 Å². The maximum Gasteiger partial charge on any atom is 0.331 e. The Labute approximate surface area is 208 Å². The van der Waals surface area contributed by atoms with Crippen LogP contribution >= 0.6 is 7.60 Å². The Balaban J connectivity index is 1.94. The Kier molecular flexibility index (Phi) is 19.8. The molecule has 2 unspecified atom stereocenters. The fraction of sp³-hybridized carbons (Fsp3) is 0.815. The molecule has 0 aliphatic heterocycles. The highest BCUT2D eigenvalue weighted by molar-refractivity contribution is 7.52. The summed E-state index contributed by atoms with van der Waals surface area (Å²) in [6.45, 7) is 3.96. The van der Waals surface area contributed by atoms with Gasteiger partial charge in [-0.1, -0.05) is 96.5 Å². The van der Waals surface area contributed by atoms with Crippen LogP contribution in [0.2, 0.25) is 0 Å². The van der Waals surface area contributed by atoms with Crippen molar-refractivity contribution in [1.29, 1.82) is 0 Å². The van der Waals surface area contributed by atoms with E-state index in [9.17, 15) is 9.46 Å². The van der Waals surface area contributed by atoms with Gasteiger partial charge in [0.25, 0.3) is 0 Å². The third kappa shape index (κ3) is 18.5. The largest absolute Gasteiger partial charge is 0.379 e. The van der Waals surface area contributed by atoms with Crippen molar-refractivity contribution in [2.45, 2.75) is 109 Å². The van der Waals surface area contributed by atoms with Crippen LogP contribution in [-0.2, 0) is 25.1 Å². The molecular formula is C27H51NO5P+. The minimum Gasteiger partial charge on any atom is -0.379 e. The third-order valence-corrected chi connectivity index (χ3v) is 7.59. The molecule has 1 rings (SSSR count). The van der Waals surface area contributed by atoms with Gasteiger partial charge in [-0.15, -0.1) is 0 Å². The minimum atomic E-state index is -3.71. The fourth-order valence-electron chi connectivity index (χ4n) is 3.99. The summed E-state index contributed by atoms with van der Waals surface area (Å²) in [5.74, 6) is 0. The van der Waals surface area contributed by atoms with E-state index in [1.54, 1.807) is 7.11 Å². The summed E-state index contributed by atoms with van der Waals surface area (Å²) in [4.78, 5) is 10.1. The van der Waals surface area contributed by atoms with Crippen LogP contribution in [0, 0.1) is 0 Å². The molecule has 6 nitrogen and oxygen atoms in total. The minimum absolute atomic E-state index is 0.0539. The number of rotatable bonds is 24. The predicted molar refractivity (Wildman–Crippen MR) is 139 cm³/mol. The summed E-state index contributed by atoms with van der Waals surface area (Å²) in [5.41, 5.74) is 0. The number of pyridine rings is 1. The van der Waals surface area contributed by atoms with Gasteiger partial charge in [0.1, 0.15) is 6.61 Å². The first-order valence-corrected chi connectivity index (χ1v) is 15.3. The summed E-state index contributed by atoms with van der Waals surface area (Å²) >= 11 is 0. The van der Waals surface area contributed by atoms with Crippen molar-refractivity contribution < 1.29 is 28.0 Å². The maximum atomic E-state index is 12.3. The molecule has 0 aromatic carbocycles. The van der Waals surface area contributed by atoms with E-state index in [0.29, 0.717) is 19.8 Å². The first-order chi connectivity index (χ1) is 16.6. The average molecular weight is 501 g/mol. The third-order valence-electron chi connectivity index (χ3n) is 6.13. The van der Waals surface area contributed by atoms with E-state index < -0.39 is 13.7 Å². The van der Waals surface area contributed by atoms with Crippen LogP contribution in [0.5, 0.6) is 0 Å². The number of nitrogens with zero attached hydrogens (tertiary/aromatic N) is 1. The average Bonchev–Trinajstić information content (AvgIpc) is 2.83. The van der Waals surface area contributed by atoms with Crippen molar-refractivity contribution in [3.63, 3.8) is 0 Å². The van der Waals surface area contributed by atoms with Gasteiger partial charge < -0.3 is 18.9 Å². The second kappa shape index (κ2) is 21.5. The van der Waals surface area contributed by atoms with Crippen molar-refractivity contribution in [2.24, 2.45) is 0 Å². The van der Waals surface area contributed by atoms with Crippen LogP contribution in [0.4, 0.5) is 0 Å². The van der Waals surface area contributed by atoms with Gasteiger partial charge in [-0.3, -0.25) is 4.57 Å². The lowest BCUT2D eigenvalue weighted by atomic mass is 10.0. The number of hydrogen-bond acceptors (Lipinski definition) is 4. The van der Waals surface area contributed by atoms with E-state index in [1.807, 2.05) is 35.2 Å². The molecule has 1 aromatic heterocycles. The summed E-state index contributed by atoms with van der Waals surface area (Å²) in [6, 6.07) is 5.75. The van der Waals surface area contributed by atoms with Crippen molar-refractivity contribution in [3.8, 4) is 0 Å². The van der Waals surface area contributed by atoms with Gasteiger partial charge in [0.05, 0.1) is 18.9 Å². The number of hydrogen-bond donors (Lipinski definition) is 1. The quantitative estimate of drug-likeness (QED) is 0.0973. The molecule has 0 fully saturated rings. The Bertz CT molecular complexity index is 616. The standard InChI is InChI=1S/C27H50NO5P/c1-3-4-5-6-7-8-9-10-11-12-13-14-15-19-23-32-25-27(31-2)26-34(29,30)33-24-22-28-20-17-16-18-21-28/h16-18,20-21,27H,3-15,19,22-26H2,1-2H3/p+1. The van der Waals surface area contributed by atoms with Crippen LogP contribution in [0.25, 0.3) is 0 Å². The highest BCUT2D eigenvalue weighted by Crippen LogP contribution is 2.42. The predicted octanol–water partition coefficient (Wildman–Crippen LogP) is 6.69. The molecule has 7 heteroatoms. The monoisotopic (exact) mass is 500 g/mol. The van der Waals surface area contributed by atoms with Crippen molar-refractivity contribution in [2.75, 3.05) is 33.1 Å². The Hall–Kier alpha value is -0.780. The number of unbranched alkanes of at least 4 members (excludes halogenated alkanes) is 13. The van der Waals surface area contributed by atoms with Crippen LogP contribution in [0.15, 0.2) is 30.6 Å². The molecule has 34 heavy (non-hydrogen) atoms. The zero-order valence-corrected chi connectivity index (χ0v) is 22.8. The first kappa shape index (κ1) is 31.3. The topological polar surface area (TPSA) is 68.9 Å². The molecular weight excluding hydrogens is 449 g/mol. The smallest absolute Gasteiger partial charge is 0.331 e. The number of methoxy groups -OCH3 is 1. The molecule has 0 amide bonds. The van der Waals surface area contributed by atoms with E-state index in [2.05, 4.69) is 6.92 Å². The van der Waals surface area contributed by atoms with E-state index >= 15 is 0 Å². The second-order valence-corrected chi connectivity index (χ2v) is 11.2. The SMILES string of the molecule is CCCCCCCCCCCCCCCCOCC(CP(=O)(O)OCC[n+]1ccccc1)OC. The zero-order chi connectivity index (χ0) is 24.7. The first-order valence-electron chi connectivity index (χ1n) is 13.6. The van der Waals surface area contributed by atoms with E-state index in [0.717, 1.165) is 6.42 Å². The van der Waals surface area contributed by atoms with E-state index in [4.69, 9.17) is 14.0 Å². The van der Waals surface area contributed by atoms with Crippen molar-refractivity contribution in [3.05, 3.63) is 30.6 Å². The van der Waals surface area contributed by atoms with E-state index in [1.165, 1.54) is 83.5 Å². The molecule has 0 radical (unpaired) electrons. The van der Waals surface area contributed by atoms with Crippen LogP contribution < -0.4 is 4.57 Å². The lowest BCUT2D eigenvalue weighted by molar-refractivity contribution is -0.697. The van der Waals surface area contributed by atoms with Crippen molar-refractivity contribution >= 4 is 7.60 Å². The van der Waals surface area contributed by atoms with E-state index in [-0.39, 0.29) is 12.8 Å². The fourth-order valence-corrected chi connectivity index (χ4v) is 5.23.